The average Bonchev–Trinajstić information content (AvgIpc) is 2.89. The summed E-state index contributed by atoms with van der Waals surface area (Å²) in [6.45, 7) is 0.0550. The molecule has 8 heteroatoms. The van der Waals surface area contributed by atoms with E-state index in [1.807, 2.05) is 0 Å². The van der Waals surface area contributed by atoms with Crippen LogP contribution in [-0.4, -0.2) is 49.4 Å². The van der Waals surface area contributed by atoms with Crippen molar-refractivity contribution in [2.24, 2.45) is 7.05 Å². The summed E-state index contributed by atoms with van der Waals surface area (Å²) in [5.74, 6) is 0.0502. The molecule has 0 atom stereocenters. The Hall–Kier alpha value is -2.90. The quantitative estimate of drug-likeness (QED) is 0.793. The third kappa shape index (κ3) is 3.08. The van der Waals surface area contributed by atoms with Gasteiger partial charge in [0.2, 0.25) is 5.75 Å². The van der Waals surface area contributed by atoms with Crippen LogP contribution in [0.3, 0.4) is 0 Å². The molecule has 1 heterocycles. The maximum Gasteiger partial charge on any atom is 0.305 e. The monoisotopic (exact) mass is 336 g/mol. The zero-order chi connectivity index (χ0) is 17.9. The van der Waals surface area contributed by atoms with E-state index in [-0.39, 0.29) is 18.9 Å². The molecule has 0 bridgehead atoms. The standard InChI is InChI=1S/C16H20N2O6/c1-18-10(16(21)17-6-5-12(19)20)7-9-8-11(22-2)14(23-3)15(24-4)13(9)18/h7-8H,5-6H2,1-4H3,(H,17,21)(H,19,20). The fourth-order valence-corrected chi connectivity index (χ4v) is 2.57. The Balaban J connectivity index is 2.49. The van der Waals surface area contributed by atoms with Gasteiger partial charge < -0.3 is 29.2 Å². The van der Waals surface area contributed by atoms with E-state index in [0.29, 0.717) is 28.5 Å². The van der Waals surface area contributed by atoms with Crippen molar-refractivity contribution in [3.05, 3.63) is 17.8 Å². The van der Waals surface area contributed by atoms with E-state index in [0.717, 1.165) is 5.39 Å². The van der Waals surface area contributed by atoms with Crippen molar-refractivity contribution in [2.75, 3.05) is 27.9 Å². The number of aryl methyl sites for hydroxylation is 1. The number of carbonyl (C=O) groups excluding carboxylic acids is 1. The normalized spacial score (nSPS) is 10.5. The minimum Gasteiger partial charge on any atom is -0.493 e. The van der Waals surface area contributed by atoms with Crippen LogP contribution in [-0.2, 0) is 11.8 Å². The number of carboxylic acid groups (broad SMARTS) is 1. The zero-order valence-corrected chi connectivity index (χ0v) is 14.0. The van der Waals surface area contributed by atoms with E-state index < -0.39 is 5.97 Å². The third-order valence-electron chi connectivity index (χ3n) is 3.68. The van der Waals surface area contributed by atoms with E-state index in [2.05, 4.69) is 5.32 Å². The topological polar surface area (TPSA) is 99.0 Å². The smallest absolute Gasteiger partial charge is 0.305 e. The third-order valence-corrected chi connectivity index (χ3v) is 3.68. The summed E-state index contributed by atoms with van der Waals surface area (Å²) in [5.41, 5.74) is 1.06. The molecular formula is C16H20N2O6. The number of carboxylic acids is 1. The number of aromatic nitrogens is 1. The second-order valence-corrected chi connectivity index (χ2v) is 5.07. The predicted octanol–water partition coefficient (Wildman–Crippen LogP) is 1.41. The molecule has 0 aliphatic heterocycles. The number of fused-ring (bicyclic) bond motifs is 1. The SMILES string of the molecule is COc1cc2cc(C(=O)NCCC(=O)O)n(C)c2c(OC)c1OC. The molecule has 0 spiro atoms. The molecule has 0 saturated carbocycles. The molecule has 1 amide bonds. The summed E-state index contributed by atoms with van der Waals surface area (Å²) in [6.07, 6.45) is -0.138. The Morgan fingerprint density at radius 2 is 1.79 bits per heavy atom. The van der Waals surface area contributed by atoms with Crippen molar-refractivity contribution in [3.63, 3.8) is 0 Å². The summed E-state index contributed by atoms with van der Waals surface area (Å²) in [7, 11) is 6.26. The molecule has 0 aliphatic carbocycles. The van der Waals surface area contributed by atoms with E-state index in [9.17, 15) is 9.59 Å². The highest BCUT2D eigenvalue weighted by Gasteiger charge is 2.22. The molecule has 0 saturated heterocycles. The van der Waals surface area contributed by atoms with Gasteiger partial charge in [0, 0.05) is 19.0 Å². The lowest BCUT2D eigenvalue weighted by Gasteiger charge is -2.14. The van der Waals surface area contributed by atoms with Crippen LogP contribution in [0.5, 0.6) is 17.2 Å². The molecule has 2 rings (SSSR count). The molecule has 130 valence electrons. The highest BCUT2D eigenvalue weighted by atomic mass is 16.5. The van der Waals surface area contributed by atoms with Gasteiger partial charge >= 0.3 is 5.97 Å². The summed E-state index contributed by atoms with van der Waals surface area (Å²) in [4.78, 5) is 22.8. The van der Waals surface area contributed by atoms with E-state index >= 15 is 0 Å². The molecule has 1 aromatic carbocycles. The summed E-state index contributed by atoms with van der Waals surface area (Å²) in [5, 5.41) is 12.0. The van der Waals surface area contributed by atoms with Gasteiger partial charge in [0.25, 0.3) is 5.91 Å². The van der Waals surface area contributed by atoms with Gasteiger partial charge in [0.05, 0.1) is 33.3 Å². The Kier molecular flexibility index (Phi) is 5.18. The zero-order valence-electron chi connectivity index (χ0n) is 14.0. The summed E-state index contributed by atoms with van der Waals surface area (Å²) >= 11 is 0. The molecule has 24 heavy (non-hydrogen) atoms. The number of ether oxygens (including phenoxy) is 3. The number of rotatable bonds is 7. The second-order valence-electron chi connectivity index (χ2n) is 5.07. The fourth-order valence-electron chi connectivity index (χ4n) is 2.57. The minimum absolute atomic E-state index is 0.0550. The largest absolute Gasteiger partial charge is 0.493 e. The van der Waals surface area contributed by atoms with E-state index in [1.54, 1.807) is 23.7 Å². The van der Waals surface area contributed by atoms with Crippen molar-refractivity contribution in [3.8, 4) is 17.2 Å². The Morgan fingerprint density at radius 1 is 1.12 bits per heavy atom. The van der Waals surface area contributed by atoms with Crippen LogP contribution in [0, 0.1) is 0 Å². The predicted molar refractivity (Wildman–Crippen MR) is 87.2 cm³/mol. The first-order valence-corrected chi connectivity index (χ1v) is 7.23. The Labute approximate surface area is 138 Å². The Bertz CT molecular complexity index is 781. The van der Waals surface area contributed by atoms with Gasteiger partial charge in [-0.2, -0.15) is 0 Å². The minimum atomic E-state index is -0.969. The number of carbonyl (C=O) groups is 2. The lowest BCUT2D eigenvalue weighted by atomic mass is 10.2. The number of aliphatic carboxylic acids is 1. The van der Waals surface area contributed by atoms with Gasteiger partial charge in [-0.25, -0.2) is 0 Å². The maximum atomic E-state index is 12.3. The van der Waals surface area contributed by atoms with Crippen LogP contribution in [0.15, 0.2) is 12.1 Å². The van der Waals surface area contributed by atoms with Crippen LogP contribution in [0.4, 0.5) is 0 Å². The lowest BCUT2D eigenvalue weighted by molar-refractivity contribution is -0.136. The van der Waals surface area contributed by atoms with Gasteiger partial charge in [-0.1, -0.05) is 0 Å². The van der Waals surface area contributed by atoms with Gasteiger partial charge in [-0.3, -0.25) is 9.59 Å². The van der Waals surface area contributed by atoms with Crippen LogP contribution >= 0.6 is 0 Å². The number of nitrogens with one attached hydrogen (secondary N) is 1. The number of hydrogen-bond acceptors (Lipinski definition) is 5. The van der Waals surface area contributed by atoms with Crippen molar-refractivity contribution in [1.29, 1.82) is 0 Å². The molecule has 0 aliphatic rings. The number of nitrogens with zero attached hydrogens (tertiary/aromatic N) is 1. The molecule has 0 radical (unpaired) electrons. The van der Waals surface area contributed by atoms with Gasteiger partial charge in [-0.15, -0.1) is 0 Å². The molecule has 2 N–H and O–H groups in total. The molecule has 8 nitrogen and oxygen atoms in total. The van der Waals surface area contributed by atoms with Crippen LogP contribution < -0.4 is 19.5 Å². The number of amides is 1. The first-order chi connectivity index (χ1) is 11.4. The fraction of sp³-hybridized carbons (Fsp3) is 0.375. The maximum absolute atomic E-state index is 12.3. The summed E-state index contributed by atoms with van der Waals surface area (Å²) in [6, 6.07) is 3.45. The van der Waals surface area contributed by atoms with Crippen molar-refractivity contribution < 1.29 is 28.9 Å². The number of benzene rings is 1. The molecule has 2 aromatic rings. The molecular weight excluding hydrogens is 316 g/mol. The molecule has 0 unspecified atom stereocenters. The first-order valence-electron chi connectivity index (χ1n) is 7.23. The van der Waals surface area contributed by atoms with Gasteiger partial charge in [-0.05, 0) is 12.1 Å². The van der Waals surface area contributed by atoms with Crippen LogP contribution in [0.2, 0.25) is 0 Å². The average molecular weight is 336 g/mol. The van der Waals surface area contributed by atoms with Crippen LogP contribution in [0.1, 0.15) is 16.9 Å². The molecule has 0 fully saturated rings. The van der Waals surface area contributed by atoms with Crippen molar-refractivity contribution in [1.82, 2.24) is 9.88 Å². The lowest BCUT2D eigenvalue weighted by Crippen LogP contribution is -2.27. The highest BCUT2D eigenvalue weighted by molar-refractivity contribution is 6.01. The number of hydrogen-bond donors (Lipinski definition) is 2. The van der Waals surface area contributed by atoms with E-state index in [4.69, 9.17) is 19.3 Å². The summed E-state index contributed by atoms with van der Waals surface area (Å²) < 4.78 is 17.8. The van der Waals surface area contributed by atoms with Crippen molar-refractivity contribution >= 4 is 22.8 Å². The number of methoxy groups -OCH3 is 3. The van der Waals surface area contributed by atoms with Gasteiger partial charge in [0.1, 0.15) is 5.69 Å². The highest BCUT2D eigenvalue weighted by Crippen LogP contribution is 2.44. The molecule has 1 aromatic heterocycles. The van der Waals surface area contributed by atoms with Crippen LogP contribution in [0.25, 0.3) is 10.9 Å². The van der Waals surface area contributed by atoms with E-state index in [1.165, 1.54) is 21.3 Å². The second kappa shape index (κ2) is 7.12. The van der Waals surface area contributed by atoms with Gasteiger partial charge in [0.15, 0.2) is 11.5 Å². The van der Waals surface area contributed by atoms with Crippen molar-refractivity contribution in [2.45, 2.75) is 6.42 Å². The first kappa shape index (κ1) is 17.5. The Morgan fingerprint density at radius 3 is 2.33 bits per heavy atom.